The molecule has 6 heteroatoms. The van der Waals surface area contributed by atoms with Gasteiger partial charge >= 0.3 is 0 Å². The van der Waals surface area contributed by atoms with Crippen LogP contribution in [0.1, 0.15) is 50.5 Å². The van der Waals surface area contributed by atoms with E-state index in [1.807, 2.05) is 17.0 Å². The molecule has 2 heterocycles. The summed E-state index contributed by atoms with van der Waals surface area (Å²) in [6, 6.07) is 3.86. The Labute approximate surface area is 155 Å². The normalized spacial score (nSPS) is 20.2. The van der Waals surface area contributed by atoms with Crippen molar-refractivity contribution in [2.24, 2.45) is 5.92 Å². The maximum absolute atomic E-state index is 12.7. The van der Waals surface area contributed by atoms with Gasteiger partial charge in [-0.15, -0.1) is 0 Å². The lowest BCUT2D eigenvalue weighted by Gasteiger charge is -2.26. The molecule has 1 N–H and O–H groups in total. The first-order valence-electron chi connectivity index (χ1n) is 9.78. The second-order valence-corrected chi connectivity index (χ2v) is 7.29. The zero-order chi connectivity index (χ0) is 18.2. The highest BCUT2D eigenvalue weighted by Gasteiger charge is 2.24. The third-order valence-corrected chi connectivity index (χ3v) is 5.26. The molecule has 3 rings (SSSR count). The quantitative estimate of drug-likeness (QED) is 0.773. The van der Waals surface area contributed by atoms with Crippen LogP contribution in [0.2, 0.25) is 0 Å². The molecule has 142 valence electrons. The van der Waals surface area contributed by atoms with Crippen LogP contribution in [-0.4, -0.2) is 47.5 Å². The number of carbonyl (C=O) groups is 2. The SMILES string of the molecule is O=C(NCCC(=O)N(Cc1cccnc1)C[C@@H]1CCCO1)C1CCCC1. The molecule has 2 aliphatic rings. The number of nitrogens with one attached hydrogen (secondary N) is 1. The number of hydrogen-bond acceptors (Lipinski definition) is 4. The molecule has 1 aliphatic heterocycles. The van der Waals surface area contributed by atoms with Gasteiger partial charge in [-0.2, -0.15) is 0 Å². The summed E-state index contributed by atoms with van der Waals surface area (Å²) in [5, 5.41) is 2.94. The van der Waals surface area contributed by atoms with Gasteiger partial charge in [0.05, 0.1) is 6.10 Å². The fraction of sp³-hybridized carbons (Fsp3) is 0.650. The number of amides is 2. The lowest BCUT2D eigenvalue weighted by atomic mass is 10.1. The van der Waals surface area contributed by atoms with Gasteiger partial charge in [-0.1, -0.05) is 18.9 Å². The van der Waals surface area contributed by atoms with Crippen LogP contribution < -0.4 is 5.32 Å². The van der Waals surface area contributed by atoms with E-state index in [4.69, 9.17) is 4.74 Å². The van der Waals surface area contributed by atoms with E-state index in [1.54, 1.807) is 12.4 Å². The van der Waals surface area contributed by atoms with E-state index in [2.05, 4.69) is 10.3 Å². The number of hydrogen-bond donors (Lipinski definition) is 1. The Hall–Kier alpha value is -1.95. The Balaban J connectivity index is 1.50. The summed E-state index contributed by atoms with van der Waals surface area (Å²) in [5.41, 5.74) is 1.01. The summed E-state index contributed by atoms with van der Waals surface area (Å²) in [6.45, 7) is 2.31. The van der Waals surface area contributed by atoms with Crippen LogP contribution in [0.25, 0.3) is 0 Å². The monoisotopic (exact) mass is 359 g/mol. The predicted octanol–water partition coefficient (Wildman–Crippen LogP) is 2.29. The minimum Gasteiger partial charge on any atom is -0.376 e. The van der Waals surface area contributed by atoms with Crippen LogP contribution in [0.5, 0.6) is 0 Å². The highest BCUT2D eigenvalue weighted by Crippen LogP contribution is 2.24. The summed E-state index contributed by atoms with van der Waals surface area (Å²) in [5.74, 6) is 0.299. The summed E-state index contributed by atoms with van der Waals surface area (Å²) in [6.07, 6.45) is 10.2. The lowest BCUT2D eigenvalue weighted by Crippen LogP contribution is -2.39. The van der Waals surface area contributed by atoms with Crippen molar-refractivity contribution >= 4 is 11.8 Å². The standard InChI is InChI=1S/C20H29N3O3/c24-19(9-11-22-20(25)17-6-1-2-7-17)23(15-18-8-4-12-26-18)14-16-5-3-10-21-13-16/h3,5,10,13,17-18H,1-2,4,6-9,11-12,14-15H2,(H,22,25)/t18-/m0/s1. The number of carbonyl (C=O) groups excluding carboxylic acids is 2. The van der Waals surface area contributed by atoms with Crippen LogP contribution in [0.3, 0.4) is 0 Å². The van der Waals surface area contributed by atoms with Crippen LogP contribution in [0.4, 0.5) is 0 Å². The number of aromatic nitrogens is 1. The van der Waals surface area contributed by atoms with Crippen molar-refractivity contribution in [2.45, 2.75) is 57.6 Å². The smallest absolute Gasteiger partial charge is 0.224 e. The second-order valence-electron chi connectivity index (χ2n) is 7.29. The van der Waals surface area contributed by atoms with Gasteiger partial charge in [0.25, 0.3) is 0 Å². The molecule has 1 aromatic heterocycles. The molecule has 1 saturated heterocycles. The van der Waals surface area contributed by atoms with Crippen molar-refractivity contribution in [3.8, 4) is 0 Å². The van der Waals surface area contributed by atoms with E-state index in [0.29, 0.717) is 26.1 Å². The van der Waals surface area contributed by atoms with Gasteiger partial charge in [0.1, 0.15) is 0 Å². The van der Waals surface area contributed by atoms with Crippen molar-refractivity contribution in [3.63, 3.8) is 0 Å². The van der Waals surface area contributed by atoms with E-state index >= 15 is 0 Å². The summed E-state index contributed by atoms with van der Waals surface area (Å²) < 4.78 is 5.70. The molecule has 2 fully saturated rings. The molecule has 26 heavy (non-hydrogen) atoms. The molecular formula is C20H29N3O3. The first kappa shape index (κ1) is 18.8. The fourth-order valence-corrected chi connectivity index (χ4v) is 3.78. The van der Waals surface area contributed by atoms with Crippen molar-refractivity contribution in [1.82, 2.24) is 15.2 Å². The van der Waals surface area contributed by atoms with Crippen LogP contribution in [0.15, 0.2) is 24.5 Å². The predicted molar refractivity (Wildman–Crippen MR) is 98.2 cm³/mol. The van der Waals surface area contributed by atoms with E-state index in [9.17, 15) is 9.59 Å². The second kappa shape index (κ2) is 9.67. The number of nitrogens with zero attached hydrogens (tertiary/aromatic N) is 2. The maximum atomic E-state index is 12.7. The topological polar surface area (TPSA) is 71.5 Å². The Morgan fingerprint density at radius 1 is 1.23 bits per heavy atom. The maximum Gasteiger partial charge on any atom is 0.224 e. The lowest BCUT2D eigenvalue weighted by molar-refractivity contribution is -0.133. The minimum absolute atomic E-state index is 0.0519. The zero-order valence-corrected chi connectivity index (χ0v) is 15.4. The van der Waals surface area contributed by atoms with Crippen LogP contribution in [-0.2, 0) is 20.9 Å². The molecule has 1 aromatic rings. The van der Waals surface area contributed by atoms with E-state index in [1.165, 1.54) is 0 Å². The summed E-state index contributed by atoms with van der Waals surface area (Å²) >= 11 is 0. The van der Waals surface area contributed by atoms with E-state index in [0.717, 1.165) is 50.7 Å². The molecule has 2 amide bonds. The molecule has 1 aliphatic carbocycles. The Morgan fingerprint density at radius 3 is 2.77 bits per heavy atom. The van der Waals surface area contributed by atoms with Crippen molar-refractivity contribution in [2.75, 3.05) is 19.7 Å². The Kier molecular flexibility index (Phi) is 7.00. The summed E-state index contributed by atoms with van der Waals surface area (Å²) in [7, 11) is 0. The third kappa shape index (κ3) is 5.53. The average Bonchev–Trinajstić information content (AvgIpc) is 3.36. The number of rotatable bonds is 8. The van der Waals surface area contributed by atoms with Crippen molar-refractivity contribution < 1.29 is 14.3 Å². The molecule has 0 aromatic carbocycles. The van der Waals surface area contributed by atoms with Gasteiger partial charge in [-0.3, -0.25) is 14.6 Å². The Morgan fingerprint density at radius 2 is 2.08 bits per heavy atom. The van der Waals surface area contributed by atoms with Gasteiger partial charge in [-0.25, -0.2) is 0 Å². The molecule has 1 atom stereocenters. The van der Waals surface area contributed by atoms with E-state index < -0.39 is 0 Å². The Bertz CT molecular complexity index is 581. The molecule has 0 radical (unpaired) electrons. The fourth-order valence-electron chi connectivity index (χ4n) is 3.78. The average molecular weight is 359 g/mol. The zero-order valence-electron chi connectivity index (χ0n) is 15.4. The van der Waals surface area contributed by atoms with Crippen molar-refractivity contribution in [1.29, 1.82) is 0 Å². The molecule has 0 bridgehead atoms. The molecule has 6 nitrogen and oxygen atoms in total. The van der Waals surface area contributed by atoms with Crippen LogP contribution in [0, 0.1) is 5.92 Å². The first-order valence-corrected chi connectivity index (χ1v) is 9.78. The first-order chi connectivity index (χ1) is 12.7. The number of ether oxygens (including phenoxy) is 1. The number of pyridine rings is 1. The minimum atomic E-state index is 0.0519. The third-order valence-electron chi connectivity index (χ3n) is 5.26. The van der Waals surface area contributed by atoms with Gasteiger partial charge in [0.15, 0.2) is 0 Å². The molecule has 0 spiro atoms. The van der Waals surface area contributed by atoms with Gasteiger partial charge in [0.2, 0.25) is 11.8 Å². The van der Waals surface area contributed by atoms with Gasteiger partial charge in [0, 0.05) is 51.0 Å². The molecule has 0 unspecified atom stereocenters. The summed E-state index contributed by atoms with van der Waals surface area (Å²) in [4.78, 5) is 30.8. The molecular weight excluding hydrogens is 330 g/mol. The van der Waals surface area contributed by atoms with Gasteiger partial charge in [-0.05, 0) is 37.3 Å². The molecule has 1 saturated carbocycles. The van der Waals surface area contributed by atoms with E-state index in [-0.39, 0.29) is 23.8 Å². The highest BCUT2D eigenvalue weighted by molar-refractivity contribution is 5.80. The largest absolute Gasteiger partial charge is 0.376 e. The van der Waals surface area contributed by atoms with Crippen molar-refractivity contribution in [3.05, 3.63) is 30.1 Å². The van der Waals surface area contributed by atoms with Gasteiger partial charge < -0.3 is 15.0 Å². The van der Waals surface area contributed by atoms with Crippen LogP contribution >= 0.6 is 0 Å². The highest BCUT2D eigenvalue weighted by atomic mass is 16.5.